The Labute approximate surface area is 308 Å². The molecule has 0 unspecified atom stereocenters. The van der Waals surface area contributed by atoms with E-state index in [-0.39, 0.29) is 19.3 Å². The van der Waals surface area contributed by atoms with Crippen LogP contribution in [0.15, 0.2) is 91.5 Å². The standard InChI is InChI=1S/C22H22O4.C13H14O4.C6H8O4/c1-4-16-10-12-18(13-11-16)15-22(14-17-8-6-5-7-9-17)19(23)25-21(2,3)26-20(22)24;1-13(2)16-11(14)10(12(15)17-13)8-9-6-4-3-5-7-9;1-6(2)9-4(7)3-5(8)10-6/h4-13H,1,14-15H2,2-3H3;3-7,10H,8H2,1-2H3;3H2,1-2H3. The van der Waals surface area contributed by atoms with Crippen LogP contribution in [0.1, 0.15) is 70.2 Å². The highest BCUT2D eigenvalue weighted by Crippen LogP contribution is 2.38. The van der Waals surface area contributed by atoms with Gasteiger partial charge in [-0.05, 0) is 41.5 Å². The van der Waals surface area contributed by atoms with E-state index in [4.69, 9.17) is 18.9 Å². The van der Waals surface area contributed by atoms with Crippen LogP contribution in [0.4, 0.5) is 0 Å². The minimum Gasteiger partial charge on any atom is -0.423 e. The first-order valence-electron chi connectivity index (χ1n) is 17.0. The number of cyclic esters (lactones) is 6. The van der Waals surface area contributed by atoms with Crippen molar-refractivity contribution < 1.29 is 57.2 Å². The van der Waals surface area contributed by atoms with Crippen molar-refractivity contribution >= 4 is 41.9 Å². The third kappa shape index (κ3) is 11.1. The SMILES string of the molecule is C=Cc1ccc(CC2(Cc3ccccc3)C(=O)OC(C)(C)OC2=O)cc1.CC1(C)OC(=O)C(Cc2ccccc2)C(=O)O1.CC1(C)OC(=O)CC(=O)O1. The molecule has 6 rings (SSSR count). The van der Waals surface area contributed by atoms with Crippen LogP contribution in [0.3, 0.4) is 0 Å². The van der Waals surface area contributed by atoms with Crippen molar-refractivity contribution in [3.05, 3.63) is 114 Å². The molecule has 3 fully saturated rings. The normalized spacial score (nSPS) is 19.5. The Balaban J connectivity index is 0.000000198. The second-order valence-corrected chi connectivity index (χ2v) is 14.1. The maximum Gasteiger partial charge on any atom is 0.327 e. The lowest BCUT2D eigenvalue weighted by Crippen LogP contribution is -2.56. The highest BCUT2D eigenvalue weighted by atomic mass is 16.8. The Morgan fingerprint density at radius 1 is 0.547 bits per heavy atom. The van der Waals surface area contributed by atoms with Crippen LogP contribution in [0.5, 0.6) is 0 Å². The lowest BCUT2D eigenvalue weighted by molar-refractivity contribution is -0.251. The number of ether oxygens (including phenoxy) is 6. The molecule has 0 atom stereocenters. The highest BCUT2D eigenvalue weighted by Gasteiger charge is 2.56. The average molecular weight is 729 g/mol. The molecule has 0 aliphatic carbocycles. The first-order valence-corrected chi connectivity index (χ1v) is 17.0. The molecule has 0 spiro atoms. The Kier molecular flexibility index (Phi) is 12.3. The van der Waals surface area contributed by atoms with Gasteiger partial charge in [-0.3, -0.25) is 28.8 Å². The van der Waals surface area contributed by atoms with Gasteiger partial charge >= 0.3 is 35.8 Å². The zero-order valence-electron chi connectivity index (χ0n) is 30.7. The molecular formula is C41H44O12. The quantitative estimate of drug-likeness (QED) is 0.163. The van der Waals surface area contributed by atoms with E-state index in [1.165, 1.54) is 13.8 Å². The number of hydrogen-bond acceptors (Lipinski definition) is 12. The minimum atomic E-state index is -1.40. The van der Waals surface area contributed by atoms with Crippen LogP contribution in [0.2, 0.25) is 0 Å². The lowest BCUT2D eigenvalue weighted by atomic mass is 9.75. The van der Waals surface area contributed by atoms with E-state index in [1.807, 2.05) is 84.9 Å². The van der Waals surface area contributed by atoms with Gasteiger partial charge < -0.3 is 28.4 Å². The zero-order valence-corrected chi connectivity index (χ0v) is 30.7. The van der Waals surface area contributed by atoms with Crippen molar-refractivity contribution in [3.63, 3.8) is 0 Å². The molecule has 0 radical (unpaired) electrons. The van der Waals surface area contributed by atoms with Crippen LogP contribution in [0, 0.1) is 11.3 Å². The summed E-state index contributed by atoms with van der Waals surface area (Å²) in [6.45, 7) is 13.0. The van der Waals surface area contributed by atoms with E-state index in [2.05, 4.69) is 16.1 Å². The van der Waals surface area contributed by atoms with Gasteiger partial charge in [-0.15, -0.1) is 0 Å². The van der Waals surface area contributed by atoms with Gasteiger partial charge in [0, 0.05) is 41.5 Å². The predicted octanol–water partition coefficient (Wildman–Crippen LogP) is 5.83. The smallest absolute Gasteiger partial charge is 0.327 e. The van der Waals surface area contributed by atoms with Crippen molar-refractivity contribution in [3.8, 4) is 0 Å². The molecule has 280 valence electrons. The van der Waals surface area contributed by atoms with Gasteiger partial charge in [-0.2, -0.15) is 0 Å². The molecule has 12 heteroatoms. The van der Waals surface area contributed by atoms with Crippen LogP contribution >= 0.6 is 0 Å². The fourth-order valence-corrected chi connectivity index (χ4v) is 5.68. The summed E-state index contributed by atoms with van der Waals surface area (Å²) in [5.74, 6) is -7.52. The van der Waals surface area contributed by atoms with Crippen molar-refractivity contribution in [2.45, 2.75) is 84.6 Å². The van der Waals surface area contributed by atoms with Crippen molar-refractivity contribution in [1.82, 2.24) is 0 Å². The first kappa shape index (κ1) is 40.0. The van der Waals surface area contributed by atoms with E-state index in [9.17, 15) is 28.8 Å². The number of carbonyl (C=O) groups is 6. The van der Waals surface area contributed by atoms with Crippen LogP contribution in [0.25, 0.3) is 6.08 Å². The summed E-state index contributed by atoms with van der Waals surface area (Å²) in [5.41, 5.74) is 2.22. The van der Waals surface area contributed by atoms with E-state index in [0.717, 1.165) is 22.3 Å². The molecular weight excluding hydrogens is 684 g/mol. The third-order valence-corrected chi connectivity index (χ3v) is 8.08. The highest BCUT2D eigenvalue weighted by molar-refractivity contribution is 6.02. The number of benzene rings is 3. The van der Waals surface area contributed by atoms with Crippen LogP contribution < -0.4 is 0 Å². The first-order chi connectivity index (χ1) is 24.8. The molecule has 3 aromatic rings. The molecule has 0 bridgehead atoms. The van der Waals surface area contributed by atoms with Gasteiger partial charge in [0.1, 0.15) is 6.42 Å². The molecule has 12 nitrogen and oxygen atoms in total. The fourth-order valence-electron chi connectivity index (χ4n) is 5.68. The Morgan fingerprint density at radius 2 is 0.943 bits per heavy atom. The van der Waals surface area contributed by atoms with Gasteiger partial charge in [0.15, 0.2) is 11.3 Å². The lowest BCUT2D eigenvalue weighted by Gasteiger charge is -2.40. The van der Waals surface area contributed by atoms with Crippen molar-refractivity contribution in [2.75, 3.05) is 0 Å². The van der Waals surface area contributed by atoms with Crippen LogP contribution in [-0.2, 0) is 76.5 Å². The molecule has 3 aliphatic rings. The third-order valence-electron chi connectivity index (χ3n) is 8.08. The van der Waals surface area contributed by atoms with Gasteiger partial charge in [0.25, 0.3) is 17.4 Å². The summed E-state index contributed by atoms with van der Waals surface area (Å²) >= 11 is 0. The Bertz CT molecular complexity index is 1770. The summed E-state index contributed by atoms with van der Waals surface area (Å²) in [6, 6.07) is 26.4. The average Bonchev–Trinajstić information content (AvgIpc) is 3.05. The van der Waals surface area contributed by atoms with Gasteiger partial charge in [-0.25, -0.2) is 0 Å². The van der Waals surface area contributed by atoms with Gasteiger partial charge in [0.05, 0.1) is 0 Å². The summed E-state index contributed by atoms with van der Waals surface area (Å²) < 4.78 is 30.3. The molecule has 3 aliphatic heterocycles. The summed E-state index contributed by atoms with van der Waals surface area (Å²) in [4.78, 5) is 70.4. The summed E-state index contributed by atoms with van der Waals surface area (Å²) in [6.07, 6.45) is 2.23. The Hall–Kier alpha value is -5.78. The minimum absolute atomic E-state index is 0.215. The van der Waals surface area contributed by atoms with Gasteiger partial charge in [0.2, 0.25) is 0 Å². The number of rotatable bonds is 7. The van der Waals surface area contributed by atoms with E-state index < -0.39 is 64.5 Å². The molecule has 0 N–H and O–H groups in total. The van der Waals surface area contributed by atoms with Crippen LogP contribution in [-0.4, -0.2) is 53.2 Å². The summed E-state index contributed by atoms with van der Waals surface area (Å²) in [7, 11) is 0. The van der Waals surface area contributed by atoms with Crippen molar-refractivity contribution in [2.24, 2.45) is 11.3 Å². The predicted molar refractivity (Wildman–Crippen MR) is 190 cm³/mol. The second kappa shape index (κ2) is 16.3. The topological polar surface area (TPSA) is 158 Å². The molecule has 0 amide bonds. The van der Waals surface area contributed by atoms with E-state index >= 15 is 0 Å². The molecule has 53 heavy (non-hydrogen) atoms. The van der Waals surface area contributed by atoms with E-state index in [0.29, 0.717) is 6.42 Å². The number of esters is 6. The largest absolute Gasteiger partial charge is 0.423 e. The molecule has 0 aromatic heterocycles. The Morgan fingerprint density at radius 3 is 1.38 bits per heavy atom. The molecule has 3 aromatic carbocycles. The van der Waals surface area contributed by atoms with Gasteiger partial charge in [-0.1, -0.05) is 97.6 Å². The fraction of sp³-hybridized carbons (Fsp3) is 0.366. The van der Waals surface area contributed by atoms with E-state index in [1.54, 1.807) is 33.8 Å². The molecule has 3 saturated heterocycles. The maximum absolute atomic E-state index is 12.9. The maximum atomic E-state index is 12.9. The molecule has 3 heterocycles. The number of hydrogen-bond donors (Lipinski definition) is 0. The number of carbonyl (C=O) groups excluding carboxylic acids is 6. The monoisotopic (exact) mass is 728 g/mol. The van der Waals surface area contributed by atoms with Crippen molar-refractivity contribution in [1.29, 1.82) is 0 Å². The molecule has 0 saturated carbocycles. The summed E-state index contributed by atoms with van der Waals surface area (Å²) in [5, 5.41) is 0. The zero-order chi connectivity index (χ0) is 39.0. The second-order valence-electron chi connectivity index (χ2n) is 14.1.